The van der Waals surface area contributed by atoms with Crippen LogP contribution in [0.2, 0.25) is 0 Å². The Morgan fingerprint density at radius 2 is 2.00 bits per heavy atom. The molecule has 3 N–H and O–H groups in total. The maximum atomic E-state index is 11.6. The summed E-state index contributed by atoms with van der Waals surface area (Å²) in [5.74, 6) is 0.360. The second kappa shape index (κ2) is 7.68. The van der Waals surface area contributed by atoms with Gasteiger partial charge in [-0.25, -0.2) is 10.2 Å². The van der Waals surface area contributed by atoms with Gasteiger partial charge in [0.2, 0.25) is 0 Å². The molecular formula is C16H17N3O3. The number of anilines is 1. The van der Waals surface area contributed by atoms with Crippen molar-refractivity contribution in [2.45, 2.75) is 6.92 Å². The summed E-state index contributed by atoms with van der Waals surface area (Å²) in [5, 5.41) is 16.4. The van der Waals surface area contributed by atoms with Gasteiger partial charge < -0.3 is 15.2 Å². The predicted molar refractivity (Wildman–Crippen MR) is 85.5 cm³/mol. The molecule has 2 aromatic rings. The van der Waals surface area contributed by atoms with Gasteiger partial charge in [-0.15, -0.1) is 0 Å². The number of aromatic hydroxyl groups is 1. The molecule has 0 spiro atoms. The van der Waals surface area contributed by atoms with Crippen LogP contribution in [0.1, 0.15) is 12.5 Å². The van der Waals surface area contributed by atoms with Gasteiger partial charge in [-0.1, -0.05) is 24.3 Å². The number of carbonyl (C=O) groups is 1. The number of ether oxygens (including phenoxy) is 1. The van der Waals surface area contributed by atoms with E-state index in [4.69, 9.17) is 4.74 Å². The van der Waals surface area contributed by atoms with Crippen molar-refractivity contribution in [1.82, 2.24) is 5.43 Å². The quantitative estimate of drug-likeness (QED) is 0.586. The lowest BCUT2D eigenvalue weighted by atomic mass is 10.2. The summed E-state index contributed by atoms with van der Waals surface area (Å²) in [6.45, 7) is 2.28. The number of hydrogen-bond donors (Lipinski definition) is 3. The third-order valence-electron chi connectivity index (χ3n) is 2.73. The number of amides is 2. The molecule has 114 valence electrons. The molecule has 0 bridgehead atoms. The van der Waals surface area contributed by atoms with E-state index in [0.29, 0.717) is 23.6 Å². The maximum Gasteiger partial charge on any atom is 0.339 e. The van der Waals surface area contributed by atoms with E-state index in [1.54, 1.807) is 30.3 Å². The Hall–Kier alpha value is -3.02. The van der Waals surface area contributed by atoms with Gasteiger partial charge in [0.15, 0.2) is 11.5 Å². The largest absolute Gasteiger partial charge is 0.504 e. The van der Waals surface area contributed by atoms with E-state index < -0.39 is 6.03 Å². The number of nitrogens with zero attached hydrogens (tertiary/aromatic N) is 1. The molecule has 0 unspecified atom stereocenters. The Morgan fingerprint density at radius 3 is 2.73 bits per heavy atom. The molecule has 0 aliphatic heterocycles. The van der Waals surface area contributed by atoms with E-state index >= 15 is 0 Å². The molecule has 0 saturated carbocycles. The van der Waals surface area contributed by atoms with Crippen molar-refractivity contribution in [2.24, 2.45) is 5.10 Å². The van der Waals surface area contributed by atoms with Crippen molar-refractivity contribution in [3.05, 3.63) is 54.1 Å². The minimum absolute atomic E-state index is 0.0154. The molecule has 0 heterocycles. The highest BCUT2D eigenvalue weighted by Crippen LogP contribution is 2.28. The lowest BCUT2D eigenvalue weighted by Crippen LogP contribution is -2.24. The van der Waals surface area contributed by atoms with Crippen LogP contribution in [0, 0.1) is 0 Å². The van der Waals surface area contributed by atoms with E-state index in [1.807, 2.05) is 25.1 Å². The summed E-state index contributed by atoms with van der Waals surface area (Å²) in [5.41, 5.74) is 3.44. The first-order chi connectivity index (χ1) is 10.7. The van der Waals surface area contributed by atoms with Crippen LogP contribution in [0.3, 0.4) is 0 Å². The normalized spacial score (nSPS) is 10.4. The van der Waals surface area contributed by atoms with Crippen LogP contribution in [0.15, 0.2) is 53.6 Å². The summed E-state index contributed by atoms with van der Waals surface area (Å²) < 4.78 is 5.27. The first-order valence-corrected chi connectivity index (χ1v) is 6.80. The molecule has 0 radical (unpaired) electrons. The zero-order valence-electron chi connectivity index (χ0n) is 12.1. The fourth-order valence-electron chi connectivity index (χ4n) is 1.76. The highest BCUT2D eigenvalue weighted by molar-refractivity contribution is 5.91. The van der Waals surface area contributed by atoms with Gasteiger partial charge in [-0.2, -0.15) is 5.10 Å². The second-order valence-electron chi connectivity index (χ2n) is 4.32. The van der Waals surface area contributed by atoms with Crippen molar-refractivity contribution in [2.75, 3.05) is 11.9 Å². The molecule has 2 amide bonds. The number of rotatable bonds is 5. The van der Waals surface area contributed by atoms with Gasteiger partial charge >= 0.3 is 6.03 Å². The Bertz CT molecular complexity index is 657. The van der Waals surface area contributed by atoms with Crippen LogP contribution < -0.4 is 15.5 Å². The van der Waals surface area contributed by atoms with Gasteiger partial charge in [0.05, 0.1) is 12.8 Å². The molecule has 0 aliphatic carbocycles. The molecule has 6 heteroatoms. The van der Waals surface area contributed by atoms with E-state index in [9.17, 15) is 9.90 Å². The van der Waals surface area contributed by atoms with E-state index in [2.05, 4.69) is 15.8 Å². The lowest BCUT2D eigenvalue weighted by molar-refractivity contribution is 0.252. The number of carbonyl (C=O) groups excluding carboxylic acids is 1. The average Bonchev–Trinajstić information content (AvgIpc) is 2.52. The molecule has 0 fully saturated rings. The molecule has 2 aromatic carbocycles. The van der Waals surface area contributed by atoms with Crippen molar-refractivity contribution in [3.63, 3.8) is 0 Å². The van der Waals surface area contributed by atoms with Crippen molar-refractivity contribution < 1.29 is 14.6 Å². The standard InChI is InChI=1S/C16H17N3O3/c1-2-22-14-10-6-7-12(15(14)20)11-17-19-16(21)18-13-8-4-3-5-9-13/h3-11,20H,2H2,1H3,(H2,18,19,21)/b17-11-. The summed E-state index contributed by atoms with van der Waals surface area (Å²) in [6.07, 6.45) is 1.35. The zero-order valence-corrected chi connectivity index (χ0v) is 12.1. The number of hydrazone groups is 1. The summed E-state index contributed by atoms with van der Waals surface area (Å²) in [6, 6.07) is 13.6. The van der Waals surface area contributed by atoms with Crippen LogP contribution in [-0.4, -0.2) is 24.0 Å². The van der Waals surface area contributed by atoms with E-state index in [0.717, 1.165) is 0 Å². The molecule has 0 atom stereocenters. The van der Waals surface area contributed by atoms with Crippen LogP contribution in [-0.2, 0) is 0 Å². The number of nitrogens with one attached hydrogen (secondary N) is 2. The Balaban J connectivity index is 1.95. The van der Waals surface area contributed by atoms with Crippen molar-refractivity contribution in [1.29, 1.82) is 0 Å². The zero-order chi connectivity index (χ0) is 15.8. The molecule has 22 heavy (non-hydrogen) atoms. The minimum Gasteiger partial charge on any atom is -0.504 e. The van der Waals surface area contributed by atoms with Gasteiger partial charge in [-0.3, -0.25) is 0 Å². The number of benzene rings is 2. The van der Waals surface area contributed by atoms with Gasteiger partial charge in [0, 0.05) is 11.3 Å². The smallest absolute Gasteiger partial charge is 0.339 e. The van der Waals surface area contributed by atoms with E-state index in [1.165, 1.54) is 6.21 Å². The highest BCUT2D eigenvalue weighted by Gasteiger charge is 2.06. The number of para-hydroxylation sites is 2. The summed E-state index contributed by atoms with van der Waals surface area (Å²) in [4.78, 5) is 11.6. The molecule has 6 nitrogen and oxygen atoms in total. The third-order valence-corrected chi connectivity index (χ3v) is 2.73. The Labute approximate surface area is 128 Å². The lowest BCUT2D eigenvalue weighted by Gasteiger charge is -2.07. The molecule has 2 rings (SSSR count). The fourth-order valence-corrected chi connectivity index (χ4v) is 1.76. The SMILES string of the molecule is CCOc1cccc(/C=N\NC(=O)Nc2ccccc2)c1O. The topological polar surface area (TPSA) is 83.0 Å². The molecule has 0 aliphatic rings. The van der Waals surface area contributed by atoms with Gasteiger partial charge in [0.25, 0.3) is 0 Å². The van der Waals surface area contributed by atoms with Crippen molar-refractivity contribution in [3.8, 4) is 11.5 Å². The Morgan fingerprint density at radius 1 is 1.23 bits per heavy atom. The monoisotopic (exact) mass is 299 g/mol. The third kappa shape index (κ3) is 4.24. The highest BCUT2D eigenvalue weighted by atomic mass is 16.5. The van der Waals surface area contributed by atoms with Gasteiger partial charge in [-0.05, 0) is 31.2 Å². The number of phenols is 1. The number of urea groups is 1. The summed E-state index contributed by atoms with van der Waals surface area (Å²) in [7, 11) is 0. The molecular weight excluding hydrogens is 282 g/mol. The molecule has 0 aromatic heterocycles. The van der Waals surface area contributed by atoms with E-state index in [-0.39, 0.29) is 5.75 Å². The Kier molecular flexibility index (Phi) is 5.37. The first-order valence-electron chi connectivity index (χ1n) is 6.80. The van der Waals surface area contributed by atoms with Crippen LogP contribution in [0.25, 0.3) is 0 Å². The van der Waals surface area contributed by atoms with Crippen molar-refractivity contribution >= 4 is 17.9 Å². The molecule has 0 saturated heterocycles. The number of phenolic OH excluding ortho intramolecular Hbond substituents is 1. The maximum absolute atomic E-state index is 11.6. The second-order valence-corrected chi connectivity index (χ2v) is 4.32. The van der Waals surface area contributed by atoms with Crippen LogP contribution in [0.4, 0.5) is 10.5 Å². The first kappa shape index (κ1) is 15.4. The summed E-state index contributed by atoms with van der Waals surface area (Å²) >= 11 is 0. The average molecular weight is 299 g/mol. The van der Waals surface area contributed by atoms with Gasteiger partial charge in [0.1, 0.15) is 0 Å². The van der Waals surface area contributed by atoms with Crippen LogP contribution in [0.5, 0.6) is 11.5 Å². The fraction of sp³-hybridized carbons (Fsp3) is 0.125. The van der Waals surface area contributed by atoms with Crippen LogP contribution >= 0.6 is 0 Å². The number of hydrogen-bond acceptors (Lipinski definition) is 4. The minimum atomic E-state index is -0.470. The predicted octanol–water partition coefficient (Wildman–Crippen LogP) is 2.95.